The molecule has 0 aromatic heterocycles. The van der Waals surface area contributed by atoms with Crippen molar-refractivity contribution >= 4 is 0 Å². The van der Waals surface area contributed by atoms with Gasteiger partial charge in [-0.15, -0.1) is 0 Å². The van der Waals surface area contributed by atoms with Crippen LogP contribution in [0.3, 0.4) is 0 Å². The molecule has 0 saturated heterocycles. The second-order valence-electron chi connectivity index (χ2n) is 0. The molecule has 0 bridgehead atoms. The summed E-state index contributed by atoms with van der Waals surface area (Å²) in [6.07, 6.45) is 0. The van der Waals surface area contributed by atoms with Crippen LogP contribution >= 0.6 is 0 Å². The van der Waals surface area contributed by atoms with Gasteiger partial charge in [0.1, 0.15) is 0 Å². The van der Waals surface area contributed by atoms with E-state index in [0.29, 0.717) is 0 Å². The van der Waals surface area contributed by atoms with Crippen molar-refractivity contribution in [1.29, 1.82) is 0 Å². The monoisotopic (exact) mass is 318 g/mol. The molecule has 0 aliphatic rings. The average Bonchev–Trinajstić information content (AvgIpc) is 0. The summed E-state index contributed by atoms with van der Waals surface area (Å²) in [6.45, 7) is 0. The molecular weight excluding hydrogens is 312 g/mol. The molecule has 0 fully saturated rings. The van der Waals surface area contributed by atoms with Crippen molar-refractivity contribution in [3.63, 3.8) is 0 Å². The van der Waals surface area contributed by atoms with Crippen molar-refractivity contribution in [2.45, 2.75) is 0 Å². The molecule has 0 spiro atoms. The van der Waals surface area contributed by atoms with Gasteiger partial charge in [0.05, 0.1) is 0 Å². The van der Waals surface area contributed by atoms with Gasteiger partial charge in [-0.3, -0.25) is 0 Å². The second kappa shape index (κ2) is 27.8. The van der Waals surface area contributed by atoms with Crippen LogP contribution in [0, 0.1) is 0 Å². The molecule has 4 N–H and O–H groups in total. The SMILES string of the molecule is O.O.[Mo].[W]. The smallest absolute Gasteiger partial charge is 0 e. The minimum Gasteiger partial charge on any atom is -0.412 e. The van der Waals surface area contributed by atoms with Gasteiger partial charge in [0.2, 0.25) is 0 Å². The van der Waals surface area contributed by atoms with Crippen LogP contribution in [-0.2, 0) is 42.1 Å². The van der Waals surface area contributed by atoms with E-state index in [1.165, 1.54) is 0 Å². The van der Waals surface area contributed by atoms with E-state index in [-0.39, 0.29) is 53.1 Å². The first-order chi connectivity index (χ1) is 0. The molecule has 0 heterocycles. The van der Waals surface area contributed by atoms with Gasteiger partial charge >= 0.3 is 0 Å². The Labute approximate surface area is 53.1 Å². The molecule has 0 radical (unpaired) electrons. The van der Waals surface area contributed by atoms with Crippen molar-refractivity contribution in [2.75, 3.05) is 0 Å². The Morgan fingerprint density at radius 1 is 0.750 bits per heavy atom. The van der Waals surface area contributed by atoms with Crippen molar-refractivity contribution in [3.05, 3.63) is 0 Å². The van der Waals surface area contributed by atoms with E-state index in [9.17, 15) is 0 Å². The molecule has 0 atom stereocenters. The maximum atomic E-state index is 0. The molecule has 4 heteroatoms. The second-order valence-corrected chi connectivity index (χ2v) is 0. The van der Waals surface area contributed by atoms with E-state index >= 15 is 0 Å². The molecule has 0 amide bonds. The van der Waals surface area contributed by atoms with Crippen LogP contribution < -0.4 is 0 Å². The van der Waals surface area contributed by atoms with E-state index in [0.717, 1.165) is 0 Å². The Kier molecular flexibility index (Phi) is 404. The summed E-state index contributed by atoms with van der Waals surface area (Å²) in [6, 6.07) is 0. The molecule has 28 valence electrons. The van der Waals surface area contributed by atoms with Crippen LogP contribution in [-0.4, -0.2) is 11.0 Å². The summed E-state index contributed by atoms with van der Waals surface area (Å²) < 4.78 is 0. The zero-order valence-corrected chi connectivity index (χ0v) is 6.76. The van der Waals surface area contributed by atoms with Gasteiger partial charge in [0.15, 0.2) is 0 Å². The Bertz CT molecular complexity index is 6.00. The van der Waals surface area contributed by atoms with Crippen molar-refractivity contribution < 1.29 is 53.1 Å². The molecule has 2 nitrogen and oxygen atoms in total. The standard InChI is InChI=1S/Mo.2H2O.W/h;2*1H2;. The molecule has 0 aliphatic heterocycles. The van der Waals surface area contributed by atoms with Gasteiger partial charge in [0, 0.05) is 42.1 Å². The van der Waals surface area contributed by atoms with Crippen molar-refractivity contribution in [2.24, 2.45) is 0 Å². The summed E-state index contributed by atoms with van der Waals surface area (Å²) in [7, 11) is 0. The maximum absolute atomic E-state index is 0. The van der Waals surface area contributed by atoms with Crippen LogP contribution in [0.25, 0.3) is 0 Å². The fraction of sp³-hybridized carbons (Fsp3) is 0. The Morgan fingerprint density at radius 3 is 0.750 bits per heavy atom. The third kappa shape index (κ3) is 10.3. The predicted octanol–water partition coefficient (Wildman–Crippen LogP) is -1.65. The molecule has 0 aliphatic carbocycles. The molecule has 4 heavy (non-hydrogen) atoms. The van der Waals surface area contributed by atoms with Crippen molar-refractivity contribution in [3.8, 4) is 0 Å². The van der Waals surface area contributed by atoms with Gasteiger partial charge in [-0.1, -0.05) is 0 Å². The third-order valence-corrected chi connectivity index (χ3v) is 0. The normalized spacial score (nSPS) is 0. The first kappa shape index (κ1) is 58.2. The number of hydrogen-bond acceptors (Lipinski definition) is 0. The van der Waals surface area contributed by atoms with Crippen LogP contribution in [0.15, 0.2) is 0 Å². The maximum Gasteiger partial charge on any atom is 0 e. The first-order valence-electron chi connectivity index (χ1n) is 0. The van der Waals surface area contributed by atoms with Crippen LogP contribution in [0.1, 0.15) is 0 Å². The minimum atomic E-state index is 0. The van der Waals surface area contributed by atoms with Gasteiger partial charge in [-0.2, -0.15) is 0 Å². The van der Waals surface area contributed by atoms with Crippen LogP contribution in [0.2, 0.25) is 0 Å². The Balaban J connectivity index is 0. The molecule has 0 saturated carbocycles. The largest absolute Gasteiger partial charge is 0.412 e. The fourth-order valence-corrected chi connectivity index (χ4v) is 0. The molecule has 0 rings (SSSR count). The fourth-order valence-electron chi connectivity index (χ4n) is 0. The van der Waals surface area contributed by atoms with Crippen molar-refractivity contribution in [1.82, 2.24) is 0 Å². The van der Waals surface area contributed by atoms with E-state index in [1.807, 2.05) is 0 Å². The Hall–Kier alpha value is 1.30. The first-order valence-corrected chi connectivity index (χ1v) is 0. The number of rotatable bonds is 0. The van der Waals surface area contributed by atoms with E-state index in [4.69, 9.17) is 0 Å². The van der Waals surface area contributed by atoms with Crippen LogP contribution in [0.4, 0.5) is 0 Å². The van der Waals surface area contributed by atoms with E-state index in [1.54, 1.807) is 0 Å². The molecule has 0 unspecified atom stereocenters. The van der Waals surface area contributed by atoms with E-state index in [2.05, 4.69) is 0 Å². The topological polar surface area (TPSA) is 63.0 Å². The minimum absolute atomic E-state index is 0. The summed E-state index contributed by atoms with van der Waals surface area (Å²) in [5.41, 5.74) is 0. The zero-order valence-electron chi connectivity index (χ0n) is 1.82. The summed E-state index contributed by atoms with van der Waals surface area (Å²) in [5, 5.41) is 0. The predicted molar refractivity (Wildman–Crippen MR) is 7.23 cm³/mol. The Morgan fingerprint density at radius 2 is 0.750 bits per heavy atom. The summed E-state index contributed by atoms with van der Waals surface area (Å²) >= 11 is 0. The van der Waals surface area contributed by atoms with Gasteiger partial charge in [-0.05, 0) is 0 Å². The third-order valence-electron chi connectivity index (χ3n) is 0. The molecular formula is H4MoO2W. The summed E-state index contributed by atoms with van der Waals surface area (Å²) in [5.74, 6) is 0. The zero-order chi connectivity index (χ0) is 0. The van der Waals surface area contributed by atoms with Crippen LogP contribution in [0.5, 0.6) is 0 Å². The van der Waals surface area contributed by atoms with E-state index < -0.39 is 0 Å². The summed E-state index contributed by atoms with van der Waals surface area (Å²) in [4.78, 5) is 0. The van der Waals surface area contributed by atoms with Gasteiger partial charge in [-0.25, -0.2) is 0 Å². The van der Waals surface area contributed by atoms with Gasteiger partial charge < -0.3 is 11.0 Å². The quantitative estimate of drug-likeness (QED) is 0.481. The number of hydrogen-bond donors (Lipinski definition) is 0. The molecule has 0 aromatic rings. The average molecular weight is 316 g/mol. The molecule has 0 aromatic carbocycles. The van der Waals surface area contributed by atoms with Gasteiger partial charge in [0.25, 0.3) is 0 Å².